The van der Waals surface area contributed by atoms with E-state index in [0.717, 1.165) is 0 Å². The van der Waals surface area contributed by atoms with Gasteiger partial charge in [-0.1, -0.05) is 0 Å². The van der Waals surface area contributed by atoms with Crippen LogP contribution in [-0.2, 0) is 19.1 Å². The minimum Gasteiger partial charge on any atom is -0.493 e. The molecule has 8 rings (SSSR count). The molecule has 0 saturated carbocycles. The van der Waals surface area contributed by atoms with Gasteiger partial charge in [0, 0.05) is 42.0 Å². The van der Waals surface area contributed by atoms with Crippen molar-refractivity contribution in [1.29, 1.82) is 0 Å². The summed E-state index contributed by atoms with van der Waals surface area (Å²) in [6.07, 6.45) is 1.55. The number of hydrogen-bond acceptors (Lipinski definition) is 16. The first-order valence-electron chi connectivity index (χ1n) is 17.0. The van der Waals surface area contributed by atoms with Gasteiger partial charge < -0.3 is 53.9 Å². The van der Waals surface area contributed by atoms with Gasteiger partial charge in [0.15, 0.2) is 40.3 Å². The largest absolute Gasteiger partial charge is 0.493 e. The van der Waals surface area contributed by atoms with Crippen molar-refractivity contribution in [2.24, 2.45) is 17.4 Å². The maximum absolute atomic E-state index is 13.2. The molecule has 288 valence electrons. The maximum atomic E-state index is 13.2. The maximum Gasteiger partial charge on any atom is 0.404 e. The summed E-state index contributed by atoms with van der Waals surface area (Å²) in [6.45, 7) is 2.06. The number of furan rings is 1. The average Bonchev–Trinajstić information content (AvgIpc) is 3.73. The number of ether oxygens (including phenoxy) is 7. The molecule has 3 aromatic rings. The van der Waals surface area contributed by atoms with Gasteiger partial charge in [0.05, 0.1) is 55.8 Å². The number of likely N-dealkylation sites (N-methyl/N-ethyl adjacent to an activating group) is 1. The number of allylic oxidation sites excluding steroid dienone is 2. The molecule has 5 atom stereocenters. The smallest absolute Gasteiger partial charge is 0.404 e. The van der Waals surface area contributed by atoms with Gasteiger partial charge in [-0.05, 0) is 44.3 Å². The quantitative estimate of drug-likeness (QED) is 0.172. The number of carbonyl (C=O) groups is 5. The molecule has 5 unspecified atom stereocenters. The Morgan fingerprint density at radius 2 is 1.53 bits per heavy atom. The summed E-state index contributed by atoms with van der Waals surface area (Å²) in [6, 6.07) is 8.08. The summed E-state index contributed by atoms with van der Waals surface area (Å²) in [5.74, 6) is -0.0720. The highest BCUT2D eigenvalue weighted by Gasteiger charge is 2.75. The topological polar surface area (TPSA) is 221 Å². The van der Waals surface area contributed by atoms with Gasteiger partial charge in [-0.3, -0.25) is 24.1 Å². The van der Waals surface area contributed by atoms with E-state index in [-0.39, 0.29) is 70.6 Å². The first-order chi connectivity index (χ1) is 26.3. The van der Waals surface area contributed by atoms with E-state index >= 15 is 0 Å². The highest BCUT2D eigenvalue weighted by molar-refractivity contribution is 6.25. The van der Waals surface area contributed by atoms with E-state index in [1.165, 1.54) is 53.1 Å². The Morgan fingerprint density at radius 3 is 2.13 bits per heavy atom. The molecule has 17 heteroatoms. The van der Waals surface area contributed by atoms with Gasteiger partial charge in [-0.2, -0.15) is 0 Å². The second kappa shape index (κ2) is 13.8. The molecule has 2 fully saturated rings. The molecule has 0 radical (unpaired) electrons. The summed E-state index contributed by atoms with van der Waals surface area (Å²) in [5.41, 5.74) is 11.6. The number of rotatable bonds is 10. The standard InChI is InChI=1S/C22H18O8.C16H20N4O5/c1-25-18-7-13(8-19(26-2)22(18)27-3)21(24)15-10-28-9-14(15)20(23)12-4-5-16-17(6-12)30-11-29-16;1-6-10(17)13(22)9-7(5-25-15(18)23)16(24-3)14-8(19(14)2)4-20(16)11(9)12(6)21/h4-10H,11H2,1-3H3;7-8,14H,4-5,17H2,1-3H3,(H2,18,23). The third-order valence-electron chi connectivity index (χ3n) is 10.7. The Labute approximate surface area is 314 Å². The molecule has 4 aliphatic heterocycles. The zero-order chi connectivity index (χ0) is 39.5. The summed E-state index contributed by atoms with van der Waals surface area (Å²) in [4.78, 5) is 67.0. The molecular formula is C38H38N4O13. The zero-order valence-electron chi connectivity index (χ0n) is 30.8. The molecule has 1 amide bonds. The number of primary amides is 1. The van der Waals surface area contributed by atoms with E-state index in [0.29, 0.717) is 46.6 Å². The zero-order valence-corrected chi connectivity index (χ0v) is 30.8. The molecule has 1 aromatic heterocycles. The lowest BCUT2D eigenvalue weighted by Gasteiger charge is -2.40. The monoisotopic (exact) mass is 758 g/mol. The molecule has 0 bridgehead atoms. The van der Waals surface area contributed by atoms with E-state index in [9.17, 15) is 24.0 Å². The number of fused-ring (bicyclic) bond motifs is 5. The van der Waals surface area contributed by atoms with Gasteiger partial charge in [-0.25, -0.2) is 4.79 Å². The van der Waals surface area contributed by atoms with Gasteiger partial charge in [-0.15, -0.1) is 0 Å². The Balaban J connectivity index is 0.000000172. The minimum absolute atomic E-state index is 0.00768. The number of ketones is 4. The van der Waals surface area contributed by atoms with Crippen molar-refractivity contribution in [2.75, 3.05) is 55.4 Å². The predicted molar refractivity (Wildman–Crippen MR) is 189 cm³/mol. The second-order valence-electron chi connectivity index (χ2n) is 13.2. The van der Waals surface area contributed by atoms with Crippen LogP contribution in [0.3, 0.4) is 0 Å². The fraction of sp³-hybridized carbons (Fsp3) is 0.342. The van der Waals surface area contributed by atoms with Gasteiger partial charge in [0.1, 0.15) is 19.1 Å². The first-order valence-corrected chi connectivity index (χ1v) is 17.0. The fourth-order valence-electron chi connectivity index (χ4n) is 7.94. The Bertz CT molecular complexity index is 2200. The number of hydrogen-bond donors (Lipinski definition) is 2. The van der Waals surface area contributed by atoms with Crippen molar-refractivity contribution >= 4 is 29.2 Å². The summed E-state index contributed by atoms with van der Waals surface area (Å²) < 4.78 is 42.6. The van der Waals surface area contributed by atoms with Crippen molar-refractivity contribution in [2.45, 2.75) is 24.7 Å². The average molecular weight is 759 g/mol. The molecule has 1 aliphatic carbocycles. The van der Waals surface area contributed by atoms with Crippen LogP contribution in [0.1, 0.15) is 38.8 Å². The number of carbonyl (C=O) groups excluding carboxylic acids is 5. The Hall–Kier alpha value is -6.33. The van der Waals surface area contributed by atoms with Crippen LogP contribution in [0.4, 0.5) is 4.79 Å². The summed E-state index contributed by atoms with van der Waals surface area (Å²) in [5, 5.41) is 0. The van der Waals surface area contributed by atoms with Crippen LogP contribution >= 0.6 is 0 Å². The Morgan fingerprint density at radius 1 is 0.891 bits per heavy atom. The molecule has 2 aromatic carbocycles. The number of methoxy groups -OCH3 is 4. The van der Waals surface area contributed by atoms with Gasteiger partial charge in [0.25, 0.3) is 0 Å². The lowest BCUT2D eigenvalue weighted by Crippen LogP contribution is -2.55. The minimum atomic E-state index is -0.949. The molecule has 17 nitrogen and oxygen atoms in total. The van der Waals surface area contributed by atoms with Crippen molar-refractivity contribution in [3.8, 4) is 28.7 Å². The predicted octanol–water partition coefficient (Wildman–Crippen LogP) is 2.19. The van der Waals surface area contributed by atoms with E-state index in [1.54, 1.807) is 25.1 Å². The number of amides is 1. The molecule has 5 aliphatic rings. The molecule has 0 spiro atoms. The van der Waals surface area contributed by atoms with E-state index in [1.807, 2.05) is 11.9 Å². The number of nitrogens with zero attached hydrogens (tertiary/aromatic N) is 2. The molecule has 55 heavy (non-hydrogen) atoms. The highest BCUT2D eigenvalue weighted by Crippen LogP contribution is 2.59. The van der Waals surface area contributed by atoms with Gasteiger partial charge in [0.2, 0.25) is 24.1 Å². The third kappa shape index (κ3) is 5.65. The van der Waals surface area contributed by atoms with E-state index in [2.05, 4.69) is 4.90 Å². The van der Waals surface area contributed by atoms with Crippen molar-refractivity contribution in [1.82, 2.24) is 9.80 Å². The number of piperazine rings is 1. The van der Waals surface area contributed by atoms with Crippen LogP contribution in [0.2, 0.25) is 0 Å². The van der Waals surface area contributed by atoms with Crippen LogP contribution in [-0.4, -0.2) is 112 Å². The number of nitrogens with two attached hydrogens (primary N) is 2. The van der Waals surface area contributed by atoms with E-state index < -0.39 is 29.3 Å². The fourth-order valence-corrected chi connectivity index (χ4v) is 7.94. The van der Waals surface area contributed by atoms with E-state index in [4.69, 9.17) is 49.0 Å². The van der Waals surface area contributed by atoms with Crippen molar-refractivity contribution in [3.05, 3.63) is 87.7 Å². The highest BCUT2D eigenvalue weighted by atomic mass is 16.7. The lowest BCUT2D eigenvalue weighted by molar-refractivity contribution is -0.144. The molecule has 5 heterocycles. The molecule has 4 N–H and O–H groups in total. The van der Waals surface area contributed by atoms with Crippen LogP contribution in [0.5, 0.6) is 28.7 Å². The number of Topliss-reactive ketones (excluding diaryl/α,β-unsaturated/α-hetero) is 2. The second-order valence-corrected chi connectivity index (χ2v) is 13.2. The van der Waals surface area contributed by atoms with Crippen LogP contribution in [0.25, 0.3) is 0 Å². The van der Waals surface area contributed by atoms with Crippen molar-refractivity contribution in [3.63, 3.8) is 0 Å². The first kappa shape index (κ1) is 37.0. The third-order valence-corrected chi connectivity index (χ3v) is 10.7. The van der Waals surface area contributed by atoms with Crippen molar-refractivity contribution < 1.29 is 61.5 Å². The summed E-state index contributed by atoms with van der Waals surface area (Å²) >= 11 is 0. The Kier molecular flexibility index (Phi) is 9.30. The lowest BCUT2D eigenvalue weighted by atomic mass is 9.82. The van der Waals surface area contributed by atoms with Crippen LogP contribution < -0.4 is 35.2 Å². The normalized spacial score (nSPS) is 24.1. The summed E-state index contributed by atoms with van der Waals surface area (Å²) in [7, 11) is 7.88. The number of benzene rings is 2. The van der Waals surface area contributed by atoms with Gasteiger partial charge >= 0.3 is 6.09 Å². The SMILES string of the molecule is COC12C(COC(N)=O)C3=C(C(=O)C(C)=C(N)C3=O)N1CC1C2N1C.COc1cc(C(=O)c2cocc2C(=O)c2ccc3c(c2)OCO3)cc(OC)c1OC. The molecular weight excluding hydrogens is 720 g/mol. The van der Waals surface area contributed by atoms with Crippen LogP contribution in [0.15, 0.2) is 69.8 Å². The molecule has 2 saturated heterocycles. The van der Waals surface area contributed by atoms with Crippen LogP contribution in [0, 0.1) is 5.92 Å².